The second-order valence-corrected chi connectivity index (χ2v) is 7.84. The third-order valence-corrected chi connectivity index (χ3v) is 4.69. The zero-order valence-electron chi connectivity index (χ0n) is 17.5. The van der Waals surface area contributed by atoms with Crippen molar-refractivity contribution in [2.24, 2.45) is 5.92 Å². The fourth-order valence-electron chi connectivity index (χ4n) is 2.59. The first-order chi connectivity index (χ1) is 13.7. The molecule has 1 N–H and O–H groups in total. The van der Waals surface area contributed by atoms with E-state index in [0.29, 0.717) is 35.4 Å². The molecule has 0 bridgehead atoms. The van der Waals surface area contributed by atoms with E-state index in [4.69, 9.17) is 16.3 Å². The van der Waals surface area contributed by atoms with Gasteiger partial charge in [0.2, 0.25) is 0 Å². The van der Waals surface area contributed by atoms with Gasteiger partial charge in [-0.25, -0.2) is 9.48 Å². The zero-order chi connectivity index (χ0) is 21.6. The molecule has 29 heavy (non-hydrogen) atoms. The van der Waals surface area contributed by atoms with Gasteiger partial charge in [-0.15, -0.1) is 0 Å². The van der Waals surface area contributed by atoms with Crippen LogP contribution in [0.4, 0.5) is 0 Å². The van der Waals surface area contributed by atoms with Gasteiger partial charge in [-0.1, -0.05) is 55.3 Å². The van der Waals surface area contributed by atoms with Gasteiger partial charge in [-0.3, -0.25) is 4.79 Å². The first kappa shape index (κ1) is 22.7. The number of ether oxygens (including phenoxy) is 1. The van der Waals surface area contributed by atoms with Gasteiger partial charge in [-0.2, -0.15) is 5.10 Å². The molecule has 0 fully saturated rings. The van der Waals surface area contributed by atoms with E-state index in [-0.39, 0.29) is 5.91 Å². The number of nitrogens with one attached hydrogen (secondary N) is 1. The van der Waals surface area contributed by atoms with Gasteiger partial charge in [0.15, 0.2) is 6.10 Å². The van der Waals surface area contributed by atoms with Crippen molar-refractivity contribution < 1.29 is 14.3 Å². The summed E-state index contributed by atoms with van der Waals surface area (Å²) in [4.78, 5) is 24.0. The van der Waals surface area contributed by atoms with Crippen LogP contribution in [0.3, 0.4) is 0 Å². The average Bonchev–Trinajstić information content (AvgIpc) is 2.92. The fourth-order valence-corrected chi connectivity index (χ4v) is 2.89. The van der Waals surface area contributed by atoms with Crippen LogP contribution in [0.1, 0.15) is 43.2 Å². The van der Waals surface area contributed by atoms with E-state index in [9.17, 15) is 9.59 Å². The van der Waals surface area contributed by atoms with Crippen LogP contribution in [-0.4, -0.2) is 34.3 Å². The number of hydrogen-bond acceptors (Lipinski definition) is 4. The maximum absolute atomic E-state index is 12.1. The Morgan fingerprint density at radius 3 is 2.48 bits per heavy atom. The van der Waals surface area contributed by atoms with Gasteiger partial charge in [0, 0.05) is 18.2 Å². The third-order valence-electron chi connectivity index (χ3n) is 4.30. The minimum absolute atomic E-state index is 0.319. The van der Waals surface area contributed by atoms with E-state index >= 15 is 0 Å². The molecule has 1 aromatic heterocycles. The number of benzene rings is 1. The summed E-state index contributed by atoms with van der Waals surface area (Å²) in [5, 5.41) is 7.63. The van der Waals surface area contributed by atoms with Crippen molar-refractivity contribution in [1.29, 1.82) is 0 Å². The Morgan fingerprint density at radius 2 is 1.86 bits per heavy atom. The lowest BCUT2D eigenvalue weighted by Crippen LogP contribution is -2.37. The Bertz CT molecular complexity index is 885. The smallest absolute Gasteiger partial charge is 0.331 e. The highest BCUT2D eigenvalue weighted by Gasteiger charge is 2.17. The van der Waals surface area contributed by atoms with Crippen molar-refractivity contribution in [3.8, 4) is 0 Å². The highest BCUT2D eigenvalue weighted by molar-refractivity contribution is 6.31. The molecule has 0 aliphatic heterocycles. The van der Waals surface area contributed by atoms with Gasteiger partial charge in [0.05, 0.1) is 12.2 Å². The average molecular weight is 418 g/mol. The number of halogens is 1. The Kier molecular flexibility index (Phi) is 8.02. The van der Waals surface area contributed by atoms with E-state index in [0.717, 1.165) is 5.56 Å². The van der Waals surface area contributed by atoms with Crippen LogP contribution in [0.5, 0.6) is 0 Å². The maximum atomic E-state index is 12.1. The molecular weight excluding hydrogens is 390 g/mol. The van der Waals surface area contributed by atoms with E-state index in [1.54, 1.807) is 17.7 Å². The Morgan fingerprint density at radius 1 is 1.21 bits per heavy atom. The van der Waals surface area contributed by atoms with Crippen molar-refractivity contribution >= 4 is 29.6 Å². The molecule has 0 saturated carbocycles. The fraction of sp³-hybridized carbons (Fsp3) is 0.409. The van der Waals surface area contributed by atoms with Crippen LogP contribution < -0.4 is 5.32 Å². The lowest BCUT2D eigenvalue weighted by molar-refractivity contribution is -0.150. The standard InChI is InChI=1S/C22H28ClN3O3/c1-14(2)12-24-22(28)17(5)29-20(27)11-10-19-16(4)25-26(21(19)23)13-18-8-6-15(3)7-9-18/h6-11,14,17H,12-13H2,1-5H3,(H,24,28)/b11-10+/t17-/m0/s1. The van der Waals surface area contributed by atoms with Gasteiger partial charge in [0.1, 0.15) is 5.15 Å². The molecule has 0 saturated heterocycles. The molecule has 1 atom stereocenters. The number of esters is 1. The van der Waals surface area contributed by atoms with E-state index < -0.39 is 12.1 Å². The van der Waals surface area contributed by atoms with Gasteiger partial charge in [-0.05, 0) is 38.3 Å². The van der Waals surface area contributed by atoms with Gasteiger partial charge < -0.3 is 10.1 Å². The largest absolute Gasteiger partial charge is 0.449 e. The number of carbonyl (C=O) groups excluding carboxylic acids is 2. The topological polar surface area (TPSA) is 73.2 Å². The first-order valence-electron chi connectivity index (χ1n) is 9.62. The van der Waals surface area contributed by atoms with Crippen molar-refractivity contribution in [3.05, 3.63) is 57.9 Å². The Hall–Kier alpha value is -2.60. The van der Waals surface area contributed by atoms with Crippen LogP contribution in [-0.2, 0) is 20.9 Å². The molecule has 1 amide bonds. The molecule has 0 radical (unpaired) electrons. The van der Waals surface area contributed by atoms with Gasteiger partial charge >= 0.3 is 5.97 Å². The Balaban J connectivity index is 2.01. The normalized spacial score (nSPS) is 12.4. The number of hydrogen-bond donors (Lipinski definition) is 1. The van der Waals surface area contributed by atoms with Crippen molar-refractivity contribution in [2.75, 3.05) is 6.54 Å². The molecule has 0 spiro atoms. The molecule has 2 aromatic rings. The van der Waals surface area contributed by atoms with Crippen molar-refractivity contribution in [2.45, 2.75) is 47.3 Å². The number of nitrogens with zero attached hydrogens (tertiary/aromatic N) is 2. The summed E-state index contributed by atoms with van der Waals surface area (Å²) < 4.78 is 6.84. The molecule has 1 aromatic carbocycles. The summed E-state index contributed by atoms with van der Waals surface area (Å²) in [5.41, 5.74) is 3.61. The number of amides is 1. The number of aryl methyl sites for hydroxylation is 2. The monoisotopic (exact) mass is 417 g/mol. The predicted octanol–water partition coefficient (Wildman–Crippen LogP) is 3.92. The van der Waals surface area contributed by atoms with Crippen molar-refractivity contribution in [3.63, 3.8) is 0 Å². The van der Waals surface area contributed by atoms with Crippen LogP contribution in [0.25, 0.3) is 6.08 Å². The lowest BCUT2D eigenvalue weighted by atomic mass is 10.1. The molecule has 6 nitrogen and oxygen atoms in total. The molecule has 2 rings (SSSR count). The lowest BCUT2D eigenvalue weighted by Gasteiger charge is -2.13. The first-order valence-corrected chi connectivity index (χ1v) is 10.00. The minimum atomic E-state index is -0.869. The summed E-state index contributed by atoms with van der Waals surface area (Å²) in [6.45, 7) is 10.4. The second kappa shape index (κ2) is 10.3. The molecule has 156 valence electrons. The quantitative estimate of drug-likeness (QED) is 0.522. The highest BCUT2D eigenvalue weighted by atomic mass is 35.5. The highest BCUT2D eigenvalue weighted by Crippen LogP contribution is 2.22. The third kappa shape index (κ3) is 6.75. The van der Waals surface area contributed by atoms with Crippen LogP contribution >= 0.6 is 11.6 Å². The molecule has 1 heterocycles. The van der Waals surface area contributed by atoms with E-state index in [1.165, 1.54) is 11.6 Å². The number of carbonyl (C=O) groups is 2. The van der Waals surface area contributed by atoms with Crippen LogP contribution in [0.2, 0.25) is 5.15 Å². The Labute approximate surface area is 176 Å². The maximum Gasteiger partial charge on any atom is 0.331 e. The molecule has 0 unspecified atom stereocenters. The summed E-state index contributed by atoms with van der Waals surface area (Å²) in [7, 11) is 0. The van der Waals surface area contributed by atoms with E-state index in [2.05, 4.69) is 10.4 Å². The van der Waals surface area contributed by atoms with Crippen LogP contribution in [0.15, 0.2) is 30.3 Å². The van der Waals surface area contributed by atoms with Crippen LogP contribution in [0, 0.1) is 19.8 Å². The van der Waals surface area contributed by atoms with Gasteiger partial charge in [0.25, 0.3) is 5.91 Å². The SMILES string of the molecule is Cc1ccc(Cn2nc(C)c(/C=C/C(=O)O[C@@H](C)C(=O)NCC(C)C)c2Cl)cc1. The summed E-state index contributed by atoms with van der Waals surface area (Å²) >= 11 is 6.45. The molecule has 7 heteroatoms. The zero-order valence-corrected chi connectivity index (χ0v) is 18.3. The second-order valence-electron chi connectivity index (χ2n) is 7.48. The number of rotatable bonds is 8. The summed E-state index contributed by atoms with van der Waals surface area (Å²) in [6, 6.07) is 8.13. The van der Waals surface area contributed by atoms with Crippen molar-refractivity contribution in [1.82, 2.24) is 15.1 Å². The number of aromatic nitrogens is 2. The predicted molar refractivity (Wildman–Crippen MR) is 115 cm³/mol. The summed E-state index contributed by atoms with van der Waals surface area (Å²) in [6.07, 6.45) is 1.96. The molecule has 0 aliphatic carbocycles. The molecular formula is C22H28ClN3O3. The van der Waals surface area contributed by atoms with E-state index in [1.807, 2.05) is 52.0 Å². The summed E-state index contributed by atoms with van der Waals surface area (Å²) in [5.74, 6) is -0.608. The minimum Gasteiger partial charge on any atom is -0.449 e. The molecule has 0 aliphatic rings.